The van der Waals surface area contributed by atoms with Gasteiger partial charge >= 0.3 is 0 Å². The van der Waals surface area contributed by atoms with Crippen LogP contribution in [0.5, 0.6) is 0 Å². The predicted octanol–water partition coefficient (Wildman–Crippen LogP) is 3.91. The highest BCUT2D eigenvalue weighted by molar-refractivity contribution is 4.90. The van der Waals surface area contributed by atoms with Gasteiger partial charge in [0.1, 0.15) is 0 Å². The molecule has 0 aromatic heterocycles. The van der Waals surface area contributed by atoms with Crippen molar-refractivity contribution in [1.29, 1.82) is 0 Å². The molecule has 2 aliphatic rings. The molecule has 118 valence electrons. The summed E-state index contributed by atoms with van der Waals surface area (Å²) in [6.07, 6.45) is 11.5. The fourth-order valence-electron chi connectivity index (χ4n) is 4.46. The Bertz CT molecular complexity index is 261. The molecule has 1 aliphatic heterocycles. The molecule has 1 heterocycles. The van der Waals surface area contributed by atoms with Gasteiger partial charge in [-0.1, -0.05) is 39.5 Å². The van der Waals surface area contributed by atoms with Gasteiger partial charge in [0.15, 0.2) is 0 Å². The van der Waals surface area contributed by atoms with E-state index in [0.29, 0.717) is 5.41 Å². The largest absolute Gasteiger partial charge is 0.319 e. The predicted molar refractivity (Wildman–Crippen MR) is 88.1 cm³/mol. The van der Waals surface area contributed by atoms with E-state index in [9.17, 15) is 0 Å². The van der Waals surface area contributed by atoms with Gasteiger partial charge in [0, 0.05) is 13.1 Å². The molecule has 0 aromatic rings. The third-order valence-electron chi connectivity index (χ3n) is 5.85. The van der Waals surface area contributed by atoms with Crippen LogP contribution in [0.2, 0.25) is 0 Å². The van der Waals surface area contributed by atoms with Gasteiger partial charge in [0.2, 0.25) is 0 Å². The highest BCUT2D eigenvalue weighted by atomic mass is 15.1. The Labute approximate surface area is 126 Å². The molecule has 2 heteroatoms. The zero-order valence-corrected chi connectivity index (χ0v) is 14.1. The molecule has 0 bridgehead atoms. The summed E-state index contributed by atoms with van der Waals surface area (Å²) in [5.74, 6) is 1.97. The van der Waals surface area contributed by atoms with Crippen LogP contribution in [0.25, 0.3) is 0 Å². The normalized spacial score (nSPS) is 33.5. The third-order valence-corrected chi connectivity index (χ3v) is 5.85. The standard InChI is InChI=1S/C18H36N2/c1-4-5-17-8-12-20(13-9-17)15-18(14-19-3)10-6-16(2)7-11-18/h16-17,19H,4-15H2,1-3H3. The number of likely N-dealkylation sites (tertiary alicyclic amines) is 1. The quantitative estimate of drug-likeness (QED) is 0.793. The fourth-order valence-corrected chi connectivity index (χ4v) is 4.46. The maximum Gasteiger partial charge on any atom is 0.00501 e. The number of hydrogen-bond acceptors (Lipinski definition) is 2. The minimum absolute atomic E-state index is 0.568. The van der Waals surface area contributed by atoms with Crippen molar-refractivity contribution >= 4 is 0 Å². The molecule has 0 radical (unpaired) electrons. The summed E-state index contributed by atoms with van der Waals surface area (Å²) in [5.41, 5.74) is 0.568. The Kier molecular flexibility index (Phi) is 6.35. The Morgan fingerprint density at radius 2 is 1.75 bits per heavy atom. The van der Waals surface area contributed by atoms with Crippen LogP contribution in [-0.4, -0.2) is 38.1 Å². The van der Waals surface area contributed by atoms with Crippen molar-refractivity contribution in [3.63, 3.8) is 0 Å². The van der Waals surface area contributed by atoms with Crippen LogP contribution in [0, 0.1) is 17.3 Å². The van der Waals surface area contributed by atoms with E-state index < -0.39 is 0 Å². The lowest BCUT2D eigenvalue weighted by Gasteiger charge is -2.44. The van der Waals surface area contributed by atoms with E-state index in [4.69, 9.17) is 0 Å². The molecule has 1 N–H and O–H groups in total. The fraction of sp³-hybridized carbons (Fsp3) is 1.00. The molecule has 0 amide bonds. The molecular weight excluding hydrogens is 244 g/mol. The molecule has 0 atom stereocenters. The molecule has 0 aromatic carbocycles. The Morgan fingerprint density at radius 3 is 2.30 bits per heavy atom. The van der Waals surface area contributed by atoms with Crippen LogP contribution in [-0.2, 0) is 0 Å². The van der Waals surface area contributed by atoms with Crippen molar-refractivity contribution in [1.82, 2.24) is 10.2 Å². The van der Waals surface area contributed by atoms with Crippen molar-refractivity contribution in [3.05, 3.63) is 0 Å². The lowest BCUT2D eigenvalue weighted by molar-refractivity contribution is 0.0666. The summed E-state index contributed by atoms with van der Waals surface area (Å²) in [6, 6.07) is 0. The van der Waals surface area contributed by atoms with E-state index in [1.807, 2.05) is 0 Å². The molecule has 1 saturated carbocycles. The van der Waals surface area contributed by atoms with Crippen molar-refractivity contribution in [2.75, 3.05) is 33.2 Å². The first kappa shape index (κ1) is 16.3. The lowest BCUT2D eigenvalue weighted by Crippen LogP contribution is -2.47. The van der Waals surface area contributed by atoms with Crippen molar-refractivity contribution < 1.29 is 0 Å². The number of rotatable bonds is 6. The van der Waals surface area contributed by atoms with Crippen LogP contribution in [0.1, 0.15) is 65.2 Å². The average Bonchev–Trinajstić information content (AvgIpc) is 2.45. The van der Waals surface area contributed by atoms with Gasteiger partial charge in [-0.2, -0.15) is 0 Å². The first-order valence-corrected chi connectivity index (χ1v) is 9.04. The number of hydrogen-bond donors (Lipinski definition) is 1. The van der Waals surface area contributed by atoms with E-state index in [1.165, 1.54) is 77.5 Å². The Hall–Kier alpha value is -0.0800. The number of nitrogens with one attached hydrogen (secondary N) is 1. The number of nitrogens with zero attached hydrogens (tertiary/aromatic N) is 1. The van der Waals surface area contributed by atoms with E-state index in [0.717, 1.165) is 11.8 Å². The summed E-state index contributed by atoms with van der Waals surface area (Å²) in [5, 5.41) is 3.49. The van der Waals surface area contributed by atoms with E-state index >= 15 is 0 Å². The van der Waals surface area contributed by atoms with Gasteiger partial charge in [-0.15, -0.1) is 0 Å². The van der Waals surface area contributed by atoms with Gasteiger partial charge in [0.25, 0.3) is 0 Å². The summed E-state index contributed by atoms with van der Waals surface area (Å²) in [7, 11) is 2.13. The van der Waals surface area contributed by atoms with Crippen LogP contribution < -0.4 is 5.32 Å². The molecule has 0 spiro atoms. The van der Waals surface area contributed by atoms with E-state index in [2.05, 4.69) is 31.1 Å². The molecule has 2 rings (SSSR count). The SMILES string of the molecule is CCCC1CCN(CC2(CNC)CCC(C)CC2)CC1. The Morgan fingerprint density at radius 1 is 1.10 bits per heavy atom. The number of piperidine rings is 1. The smallest absolute Gasteiger partial charge is 0.00501 e. The topological polar surface area (TPSA) is 15.3 Å². The van der Waals surface area contributed by atoms with Crippen molar-refractivity contribution in [3.8, 4) is 0 Å². The third kappa shape index (κ3) is 4.46. The second-order valence-electron chi connectivity index (χ2n) is 7.72. The molecule has 20 heavy (non-hydrogen) atoms. The monoisotopic (exact) mass is 280 g/mol. The maximum absolute atomic E-state index is 3.49. The highest BCUT2D eigenvalue weighted by Crippen LogP contribution is 2.39. The summed E-state index contributed by atoms with van der Waals surface area (Å²) in [6.45, 7) is 10.0. The summed E-state index contributed by atoms with van der Waals surface area (Å²) >= 11 is 0. The molecule has 1 aliphatic carbocycles. The zero-order valence-electron chi connectivity index (χ0n) is 14.1. The molecule has 2 nitrogen and oxygen atoms in total. The summed E-state index contributed by atoms with van der Waals surface area (Å²) < 4.78 is 0. The van der Waals surface area contributed by atoms with Gasteiger partial charge in [-0.25, -0.2) is 0 Å². The first-order chi connectivity index (χ1) is 9.67. The maximum atomic E-state index is 3.49. The van der Waals surface area contributed by atoms with Gasteiger partial charge < -0.3 is 10.2 Å². The molecular formula is C18H36N2. The van der Waals surface area contributed by atoms with Gasteiger partial charge in [-0.3, -0.25) is 0 Å². The van der Waals surface area contributed by atoms with Gasteiger partial charge in [-0.05, 0) is 63.1 Å². The summed E-state index contributed by atoms with van der Waals surface area (Å²) in [4.78, 5) is 2.78. The van der Waals surface area contributed by atoms with Crippen molar-refractivity contribution in [2.24, 2.45) is 17.3 Å². The highest BCUT2D eigenvalue weighted by Gasteiger charge is 2.35. The average molecular weight is 281 g/mol. The van der Waals surface area contributed by atoms with Gasteiger partial charge in [0.05, 0.1) is 0 Å². The van der Waals surface area contributed by atoms with Crippen LogP contribution in [0.4, 0.5) is 0 Å². The molecule has 2 fully saturated rings. The molecule has 0 unspecified atom stereocenters. The lowest BCUT2D eigenvalue weighted by atomic mass is 9.70. The van der Waals surface area contributed by atoms with E-state index in [1.54, 1.807) is 0 Å². The van der Waals surface area contributed by atoms with Crippen LogP contribution in [0.15, 0.2) is 0 Å². The second kappa shape index (κ2) is 7.79. The second-order valence-corrected chi connectivity index (χ2v) is 7.72. The van der Waals surface area contributed by atoms with E-state index in [-0.39, 0.29) is 0 Å². The van der Waals surface area contributed by atoms with Crippen LogP contribution in [0.3, 0.4) is 0 Å². The van der Waals surface area contributed by atoms with Crippen LogP contribution >= 0.6 is 0 Å². The minimum Gasteiger partial charge on any atom is -0.319 e. The van der Waals surface area contributed by atoms with Crippen molar-refractivity contribution in [2.45, 2.75) is 65.2 Å². The zero-order chi connectivity index (χ0) is 14.4. The minimum atomic E-state index is 0.568. The molecule has 1 saturated heterocycles. The first-order valence-electron chi connectivity index (χ1n) is 9.04. The Balaban J connectivity index is 1.83.